The fourth-order valence-electron chi connectivity index (χ4n) is 1.36. The predicted molar refractivity (Wildman–Crippen MR) is 69.2 cm³/mol. The normalized spacial score (nSPS) is 24.2. The van der Waals surface area contributed by atoms with Crippen LogP contribution in [0.5, 0.6) is 0 Å². The molecule has 0 aromatic heterocycles. The van der Waals surface area contributed by atoms with E-state index in [1.165, 1.54) is 0 Å². The van der Waals surface area contributed by atoms with Gasteiger partial charge in [-0.2, -0.15) is 0 Å². The van der Waals surface area contributed by atoms with Gasteiger partial charge in [0.05, 0.1) is 11.2 Å². The van der Waals surface area contributed by atoms with E-state index in [-0.39, 0.29) is 18.3 Å². The van der Waals surface area contributed by atoms with Crippen molar-refractivity contribution in [2.45, 2.75) is 45.8 Å². The first-order valence-corrected chi connectivity index (χ1v) is 5.71. The predicted octanol–water partition coefficient (Wildman–Crippen LogP) is 3.31. The third kappa shape index (κ3) is 3.10. The Kier molecular flexibility index (Phi) is 4.17. The molecule has 3 heteroatoms. The lowest BCUT2D eigenvalue weighted by molar-refractivity contribution is 0.00578. The van der Waals surface area contributed by atoms with Crippen LogP contribution < -0.4 is 0 Å². The first-order valence-electron chi connectivity index (χ1n) is 5.71. The Labute approximate surface area is 99.2 Å². The van der Waals surface area contributed by atoms with Gasteiger partial charge in [-0.1, -0.05) is 36.4 Å². The highest BCUT2D eigenvalue weighted by molar-refractivity contribution is 6.51. The van der Waals surface area contributed by atoms with Gasteiger partial charge in [0.1, 0.15) is 0 Å². The Morgan fingerprint density at radius 2 is 1.31 bits per heavy atom. The highest BCUT2D eigenvalue weighted by Gasteiger charge is 2.49. The molecule has 0 amide bonds. The van der Waals surface area contributed by atoms with Gasteiger partial charge in [0.25, 0.3) is 0 Å². The van der Waals surface area contributed by atoms with Crippen molar-refractivity contribution < 1.29 is 9.31 Å². The zero-order valence-electron chi connectivity index (χ0n) is 10.9. The van der Waals surface area contributed by atoms with Gasteiger partial charge in [0, 0.05) is 0 Å². The number of allylic oxidation sites excluding steroid dienone is 5. The molecular weight excluding hydrogens is 199 g/mol. The van der Waals surface area contributed by atoms with E-state index in [2.05, 4.69) is 27.7 Å². The minimum Gasteiger partial charge on any atom is -0.400 e. The zero-order valence-corrected chi connectivity index (χ0v) is 10.9. The Morgan fingerprint density at radius 3 is 1.81 bits per heavy atom. The highest BCUT2D eigenvalue weighted by Crippen LogP contribution is 2.36. The second-order valence-corrected chi connectivity index (χ2v) is 4.92. The van der Waals surface area contributed by atoms with Gasteiger partial charge >= 0.3 is 7.12 Å². The van der Waals surface area contributed by atoms with Gasteiger partial charge < -0.3 is 9.31 Å². The SMILES string of the molecule is C/C=C/C=C/C=C/B1OC(C)(C)C(C)(C)O1. The average Bonchev–Trinajstić information content (AvgIpc) is 2.35. The molecule has 0 N–H and O–H groups in total. The topological polar surface area (TPSA) is 18.5 Å². The summed E-state index contributed by atoms with van der Waals surface area (Å²) < 4.78 is 11.6. The van der Waals surface area contributed by atoms with Crippen LogP contribution in [0.2, 0.25) is 0 Å². The minimum atomic E-state index is -0.255. The lowest BCUT2D eigenvalue weighted by atomic mass is 9.90. The third-order valence-corrected chi connectivity index (χ3v) is 3.07. The molecule has 0 radical (unpaired) electrons. The van der Waals surface area contributed by atoms with Crippen LogP contribution in [0.1, 0.15) is 34.6 Å². The summed E-state index contributed by atoms with van der Waals surface area (Å²) in [5, 5.41) is 0. The lowest BCUT2D eigenvalue weighted by Crippen LogP contribution is -2.41. The van der Waals surface area contributed by atoms with Gasteiger partial charge in [0.2, 0.25) is 0 Å². The summed E-state index contributed by atoms with van der Waals surface area (Å²) >= 11 is 0. The maximum absolute atomic E-state index is 5.81. The molecule has 1 saturated heterocycles. The molecule has 1 rings (SSSR count). The molecule has 16 heavy (non-hydrogen) atoms. The monoisotopic (exact) mass is 220 g/mol. The molecule has 0 aromatic rings. The van der Waals surface area contributed by atoms with Gasteiger partial charge in [-0.3, -0.25) is 0 Å². The van der Waals surface area contributed by atoms with E-state index in [1.54, 1.807) is 0 Å². The Bertz CT molecular complexity index is 298. The lowest BCUT2D eigenvalue weighted by Gasteiger charge is -2.32. The number of hydrogen-bond donors (Lipinski definition) is 0. The van der Waals surface area contributed by atoms with Gasteiger partial charge in [0.15, 0.2) is 0 Å². The molecule has 88 valence electrons. The summed E-state index contributed by atoms with van der Waals surface area (Å²) in [4.78, 5) is 0. The molecule has 0 aromatic carbocycles. The fraction of sp³-hybridized carbons (Fsp3) is 0.538. The van der Waals surface area contributed by atoms with Crippen molar-refractivity contribution in [3.05, 3.63) is 36.4 Å². The van der Waals surface area contributed by atoms with Gasteiger partial charge in [-0.05, 0) is 34.6 Å². The molecule has 0 saturated carbocycles. The van der Waals surface area contributed by atoms with Crippen molar-refractivity contribution in [3.8, 4) is 0 Å². The largest absolute Gasteiger partial charge is 0.487 e. The molecule has 2 nitrogen and oxygen atoms in total. The summed E-state index contributed by atoms with van der Waals surface area (Å²) in [6.07, 6.45) is 9.85. The van der Waals surface area contributed by atoms with Crippen LogP contribution in [0, 0.1) is 0 Å². The van der Waals surface area contributed by atoms with Crippen molar-refractivity contribution in [2.75, 3.05) is 0 Å². The van der Waals surface area contributed by atoms with Crippen LogP contribution in [0.3, 0.4) is 0 Å². The molecule has 1 heterocycles. The molecule has 1 aliphatic heterocycles. The Hall–Kier alpha value is -0.795. The molecule has 0 bridgehead atoms. The van der Waals surface area contributed by atoms with E-state index in [1.807, 2.05) is 43.3 Å². The molecule has 0 unspecified atom stereocenters. The summed E-state index contributed by atoms with van der Waals surface area (Å²) in [6, 6.07) is 0. The first kappa shape index (κ1) is 13.3. The van der Waals surface area contributed by atoms with Crippen molar-refractivity contribution in [3.63, 3.8) is 0 Å². The van der Waals surface area contributed by atoms with E-state index in [0.717, 1.165) is 0 Å². The molecule has 0 aliphatic carbocycles. The highest BCUT2D eigenvalue weighted by atomic mass is 16.7. The van der Waals surface area contributed by atoms with E-state index in [4.69, 9.17) is 9.31 Å². The first-order chi connectivity index (χ1) is 7.39. The van der Waals surface area contributed by atoms with Crippen molar-refractivity contribution in [1.82, 2.24) is 0 Å². The summed E-state index contributed by atoms with van der Waals surface area (Å²) in [5.41, 5.74) is -0.510. The molecule has 1 aliphatic rings. The van der Waals surface area contributed by atoms with Crippen LogP contribution >= 0.6 is 0 Å². The van der Waals surface area contributed by atoms with Crippen LogP contribution in [0.15, 0.2) is 36.4 Å². The molecule has 0 spiro atoms. The van der Waals surface area contributed by atoms with Crippen molar-refractivity contribution in [1.29, 1.82) is 0 Å². The quantitative estimate of drug-likeness (QED) is 0.536. The second kappa shape index (κ2) is 5.02. The zero-order chi connectivity index (χ0) is 12.2. The third-order valence-electron chi connectivity index (χ3n) is 3.07. The smallest absolute Gasteiger partial charge is 0.400 e. The van der Waals surface area contributed by atoms with E-state index in [0.29, 0.717) is 0 Å². The fourth-order valence-corrected chi connectivity index (χ4v) is 1.36. The van der Waals surface area contributed by atoms with Crippen LogP contribution in [0.4, 0.5) is 0 Å². The second-order valence-electron chi connectivity index (χ2n) is 4.92. The van der Waals surface area contributed by atoms with E-state index in [9.17, 15) is 0 Å². The van der Waals surface area contributed by atoms with Crippen LogP contribution in [-0.2, 0) is 9.31 Å². The van der Waals surface area contributed by atoms with E-state index >= 15 is 0 Å². The van der Waals surface area contributed by atoms with Crippen LogP contribution in [0.25, 0.3) is 0 Å². The van der Waals surface area contributed by atoms with Crippen molar-refractivity contribution >= 4 is 7.12 Å². The Balaban J connectivity index is 2.54. The summed E-state index contributed by atoms with van der Waals surface area (Å²) in [5.74, 6) is 1.93. The maximum atomic E-state index is 5.81. The average molecular weight is 220 g/mol. The summed E-state index contributed by atoms with van der Waals surface area (Å²) in [6.45, 7) is 10.2. The summed E-state index contributed by atoms with van der Waals surface area (Å²) in [7, 11) is -0.250. The van der Waals surface area contributed by atoms with Gasteiger partial charge in [-0.25, -0.2) is 0 Å². The molecular formula is C13H21BO2. The van der Waals surface area contributed by atoms with Crippen LogP contribution in [-0.4, -0.2) is 18.3 Å². The standard InChI is InChI=1S/C13H21BO2/c1-6-7-8-9-10-11-14-15-12(2,3)13(4,5)16-14/h6-11H,1-5H3/b7-6+,9-8+,11-10+. The van der Waals surface area contributed by atoms with Crippen molar-refractivity contribution in [2.24, 2.45) is 0 Å². The Morgan fingerprint density at radius 1 is 0.812 bits per heavy atom. The molecule has 0 atom stereocenters. The van der Waals surface area contributed by atoms with Gasteiger partial charge in [-0.15, -0.1) is 0 Å². The molecule has 1 fully saturated rings. The van der Waals surface area contributed by atoms with E-state index < -0.39 is 0 Å². The number of rotatable bonds is 3. The number of hydrogen-bond acceptors (Lipinski definition) is 2. The maximum Gasteiger partial charge on any atom is 0.487 e. The minimum absolute atomic E-state index is 0.250.